The van der Waals surface area contributed by atoms with E-state index in [4.69, 9.17) is 4.74 Å². The molecule has 1 aromatic rings. The fourth-order valence-electron chi connectivity index (χ4n) is 1.58. The van der Waals surface area contributed by atoms with Gasteiger partial charge in [0.1, 0.15) is 0 Å². The molecule has 5 heteroatoms. The molecule has 17 heavy (non-hydrogen) atoms. The lowest BCUT2D eigenvalue weighted by Gasteiger charge is -2.08. The molecule has 1 aromatic heterocycles. The van der Waals surface area contributed by atoms with Crippen molar-refractivity contribution in [2.75, 3.05) is 25.0 Å². The van der Waals surface area contributed by atoms with Crippen LogP contribution in [0.2, 0.25) is 0 Å². The summed E-state index contributed by atoms with van der Waals surface area (Å²) in [4.78, 5) is 8.60. The Labute approximate surface area is 102 Å². The number of aromatic nitrogens is 2. The van der Waals surface area contributed by atoms with Gasteiger partial charge < -0.3 is 15.4 Å². The molecule has 0 aliphatic heterocycles. The summed E-state index contributed by atoms with van der Waals surface area (Å²) in [5, 5.41) is 6.63. The molecule has 1 saturated carbocycles. The summed E-state index contributed by atoms with van der Waals surface area (Å²) >= 11 is 0. The molecule has 0 bridgehead atoms. The lowest BCUT2D eigenvalue weighted by molar-refractivity contribution is 0.326. The highest BCUT2D eigenvalue weighted by molar-refractivity contribution is 5.30. The number of rotatable bonds is 7. The zero-order chi connectivity index (χ0) is 12.1. The molecule has 0 unspecified atom stereocenters. The quantitative estimate of drug-likeness (QED) is 0.700. The van der Waals surface area contributed by atoms with E-state index in [0.29, 0.717) is 18.4 Å². The lowest BCUT2D eigenvalue weighted by atomic mass is 10.4. The third-order valence-corrected chi connectivity index (χ3v) is 2.54. The maximum Gasteiger partial charge on any atom is 0.226 e. The van der Waals surface area contributed by atoms with E-state index in [9.17, 15) is 0 Å². The van der Waals surface area contributed by atoms with Crippen LogP contribution in [0.25, 0.3) is 0 Å². The molecule has 0 atom stereocenters. The van der Waals surface area contributed by atoms with Crippen molar-refractivity contribution in [3.8, 4) is 5.88 Å². The Morgan fingerprint density at radius 2 is 2.18 bits per heavy atom. The summed E-state index contributed by atoms with van der Waals surface area (Å²) in [6, 6.07) is 2.59. The van der Waals surface area contributed by atoms with Gasteiger partial charge in [0.15, 0.2) is 0 Å². The van der Waals surface area contributed by atoms with Gasteiger partial charge >= 0.3 is 0 Å². The van der Waals surface area contributed by atoms with Gasteiger partial charge in [-0.25, -0.2) is 4.98 Å². The van der Waals surface area contributed by atoms with Crippen molar-refractivity contribution >= 4 is 5.95 Å². The molecule has 94 valence electrons. The first-order chi connectivity index (χ1) is 8.28. The first kappa shape index (κ1) is 12.1. The Morgan fingerprint density at radius 1 is 1.35 bits per heavy atom. The van der Waals surface area contributed by atoms with Crippen LogP contribution in [0, 0.1) is 6.92 Å². The second-order valence-corrected chi connectivity index (χ2v) is 4.26. The highest BCUT2D eigenvalue weighted by atomic mass is 16.5. The van der Waals surface area contributed by atoms with Gasteiger partial charge in [-0.3, -0.25) is 0 Å². The second kappa shape index (κ2) is 5.82. The predicted molar refractivity (Wildman–Crippen MR) is 67.5 cm³/mol. The molecule has 2 N–H and O–H groups in total. The summed E-state index contributed by atoms with van der Waals surface area (Å²) in [6.07, 6.45) is 2.63. The van der Waals surface area contributed by atoms with E-state index >= 15 is 0 Å². The maximum absolute atomic E-state index is 5.38. The molecule has 2 rings (SSSR count). The molecule has 0 radical (unpaired) electrons. The summed E-state index contributed by atoms with van der Waals surface area (Å²) in [7, 11) is 0. The number of nitrogens with zero attached hydrogens (tertiary/aromatic N) is 2. The number of nitrogens with one attached hydrogen (secondary N) is 2. The largest absolute Gasteiger partial charge is 0.478 e. The summed E-state index contributed by atoms with van der Waals surface area (Å²) in [6.45, 7) is 6.30. The molecule has 0 amide bonds. The molecule has 1 aliphatic rings. The van der Waals surface area contributed by atoms with E-state index in [1.807, 2.05) is 19.9 Å². The fourth-order valence-corrected chi connectivity index (χ4v) is 1.58. The van der Waals surface area contributed by atoms with Gasteiger partial charge in [-0.05, 0) is 26.7 Å². The smallest absolute Gasteiger partial charge is 0.226 e. The minimum Gasteiger partial charge on any atom is -0.478 e. The van der Waals surface area contributed by atoms with E-state index in [1.165, 1.54) is 12.8 Å². The Bertz CT molecular complexity index is 366. The third kappa shape index (κ3) is 4.19. The van der Waals surface area contributed by atoms with Gasteiger partial charge in [-0.2, -0.15) is 4.98 Å². The average molecular weight is 236 g/mol. The molecule has 5 nitrogen and oxygen atoms in total. The van der Waals surface area contributed by atoms with Crippen molar-refractivity contribution in [3.63, 3.8) is 0 Å². The zero-order valence-corrected chi connectivity index (χ0v) is 10.5. The standard InChI is InChI=1S/C12H20N4O/c1-3-17-11-8-9(2)15-12(16-11)14-7-6-13-10-4-5-10/h8,10,13H,3-7H2,1-2H3,(H,14,15,16). The van der Waals surface area contributed by atoms with Crippen LogP contribution >= 0.6 is 0 Å². The SMILES string of the molecule is CCOc1cc(C)nc(NCCNC2CC2)n1. The fraction of sp³-hybridized carbons (Fsp3) is 0.667. The molecule has 1 aliphatic carbocycles. The number of hydrogen-bond donors (Lipinski definition) is 2. The molecular formula is C12H20N4O. The van der Waals surface area contributed by atoms with Crippen LogP contribution in [-0.4, -0.2) is 35.7 Å². The summed E-state index contributed by atoms with van der Waals surface area (Å²) in [5.41, 5.74) is 0.918. The number of hydrogen-bond acceptors (Lipinski definition) is 5. The highest BCUT2D eigenvalue weighted by Crippen LogP contribution is 2.18. The predicted octanol–water partition coefficient (Wildman–Crippen LogP) is 1.35. The Kier molecular flexibility index (Phi) is 4.14. The molecular weight excluding hydrogens is 216 g/mol. The van der Waals surface area contributed by atoms with Crippen LogP contribution < -0.4 is 15.4 Å². The van der Waals surface area contributed by atoms with E-state index in [1.54, 1.807) is 0 Å². The Balaban J connectivity index is 1.80. The monoisotopic (exact) mass is 236 g/mol. The first-order valence-corrected chi connectivity index (χ1v) is 6.23. The van der Waals surface area contributed by atoms with Gasteiger partial charge in [0.2, 0.25) is 11.8 Å². The van der Waals surface area contributed by atoms with Crippen LogP contribution in [0.4, 0.5) is 5.95 Å². The van der Waals surface area contributed by atoms with E-state index in [0.717, 1.165) is 24.8 Å². The van der Waals surface area contributed by atoms with Crippen molar-refractivity contribution < 1.29 is 4.74 Å². The first-order valence-electron chi connectivity index (χ1n) is 6.23. The van der Waals surface area contributed by atoms with Gasteiger partial charge in [0.05, 0.1) is 6.61 Å². The van der Waals surface area contributed by atoms with Crippen molar-refractivity contribution in [2.24, 2.45) is 0 Å². The molecule has 1 fully saturated rings. The summed E-state index contributed by atoms with van der Waals surface area (Å²) < 4.78 is 5.38. The van der Waals surface area contributed by atoms with Crippen LogP contribution in [0.1, 0.15) is 25.5 Å². The van der Waals surface area contributed by atoms with E-state index in [2.05, 4.69) is 20.6 Å². The van der Waals surface area contributed by atoms with Crippen molar-refractivity contribution in [1.29, 1.82) is 0 Å². The average Bonchev–Trinajstić information content (AvgIpc) is 3.08. The van der Waals surface area contributed by atoms with E-state index < -0.39 is 0 Å². The van der Waals surface area contributed by atoms with Crippen LogP contribution in [0.3, 0.4) is 0 Å². The van der Waals surface area contributed by atoms with Crippen molar-refractivity contribution in [2.45, 2.75) is 32.7 Å². The zero-order valence-electron chi connectivity index (χ0n) is 10.5. The van der Waals surface area contributed by atoms with Gasteiger partial charge in [-0.1, -0.05) is 0 Å². The lowest BCUT2D eigenvalue weighted by Crippen LogP contribution is -2.24. The van der Waals surface area contributed by atoms with Crippen LogP contribution in [0.15, 0.2) is 6.07 Å². The minimum absolute atomic E-state index is 0.624. The molecule has 1 heterocycles. The van der Waals surface area contributed by atoms with Crippen molar-refractivity contribution in [3.05, 3.63) is 11.8 Å². The van der Waals surface area contributed by atoms with Crippen LogP contribution in [0.5, 0.6) is 5.88 Å². The van der Waals surface area contributed by atoms with E-state index in [-0.39, 0.29) is 0 Å². The summed E-state index contributed by atoms with van der Waals surface area (Å²) in [5.74, 6) is 1.28. The highest BCUT2D eigenvalue weighted by Gasteiger charge is 2.19. The topological polar surface area (TPSA) is 59.1 Å². The number of aryl methyl sites for hydroxylation is 1. The third-order valence-electron chi connectivity index (χ3n) is 2.54. The molecule has 0 aromatic carbocycles. The molecule has 0 saturated heterocycles. The number of ether oxygens (including phenoxy) is 1. The van der Waals surface area contributed by atoms with Crippen LogP contribution in [-0.2, 0) is 0 Å². The Hall–Kier alpha value is -1.36. The Morgan fingerprint density at radius 3 is 2.88 bits per heavy atom. The second-order valence-electron chi connectivity index (χ2n) is 4.26. The van der Waals surface area contributed by atoms with Crippen molar-refractivity contribution in [1.82, 2.24) is 15.3 Å². The van der Waals surface area contributed by atoms with Gasteiger partial charge in [0, 0.05) is 30.9 Å². The van der Waals surface area contributed by atoms with Gasteiger partial charge in [0.25, 0.3) is 0 Å². The maximum atomic E-state index is 5.38. The minimum atomic E-state index is 0.624. The van der Waals surface area contributed by atoms with Gasteiger partial charge in [-0.15, -0.1) is 0 Å². The number of anilines is 1. The molecule has 0 spiro atoms. The normalized spacial score (nSPS) is 14.7.